The molecule has 0 aliphatic carbocycles. The lowest BCUT2D eigenvalue weighted by Crippen LogP contribution is -2.62. The van der Waals surface area contributed by atoms with Crippen molar-refractivity contribution in [3.8, 4) is 0 Å². The molecule has 10 heteroatoms. The van der Waals surface area contributed by atoms with Crippen LogP contribution in [-0.4, -0.2) is 78.7 Å². The van der Waals surface area contributed by atoms with Crippen LogP contribution in [0, 0.1) is 0 Å². The Bertz CT molecular complexity index is 417. The quantitative estimate of drug-likeness (QED) is 0.373. The van der Waals surface area contributed by atoms with Crippen LogP contribution < -0.4 is 11.5 Å². The molecule has 1 aliphatic rings. The van der Waals surface area contributed by atoms with Crippen LogP contribution in [0.25, 0.3) is 0 Å². The van der Waals surface area contributed by atoms with Crippen molar-refractivity contribution < 1.29 is 38.7 Å². The van der Waals surface area contributed by atoms with Gasteiger partial charge in [0.2, 0.25) is 0 Å². The molecule has 1 rings (SSSR count). The van der Waals surface area contributed by atoms with E-state index >= 15 is 0 Å². The van der Waals surface area contributed by atoms with E-state index in [-0.39, 0.29) is 0 Å². The lowest BCUT2D eigenvalue weighted by Gasteiger charge is -2.42. The molecule has 1 aliphatic heterocycles. The summed E-state index contributed by atoms with van der Waals surface area (Å²) in [4.78, 5) is 23.5. The van der Waals surface area contributed by atoms with Gasteiger partial charge >= 0.3 is 11.9 Å². The number of aliphatic hydroxyl groups excluding tert-OH is 2. The fourth-order valence-corrected chi connectivity index (χ4v) is 1.97. The van der Waals surface area contributed by atoms with E-state index in [0.717, 1.165) is 0 Å². The second kappa shape index (κ2) is 8.52. The zero-order valence-corrected chi connectivity index (χ0v) is 13.2. The molecular weight excluding hydrogens is 312 g/mol. The van der Waals surface area contributed by atoms with E-state index in [4.69, 9.17) is 30.4 Å². The van der Waals surface area contributed by atoms with E-state index in [1.165, 1.54) is 21.0 Å². The summed E-state index contributed by atoms with van der Waals surface area (Å²) >= 11 is 0. The smallest absolute Gasteiger partial charge is 0.323 e. The molecule has 0 amide bonds. The van der Waals surface area contributed by atoms with E-state index in [9.17, 15) is 19.8 Å². The minimum absolute atomic E-state index is 0.554. The van der Waals surface area contributed by atoms with Crippen LogP contribution >= 0.6 is 0 Å². The van der Waals surface area contributed by atoms with Crippen LogP contribution in [0.3, 0.4) is 0 Å². The van der Waals surface area contributed by atoms with Gasteiger partial charge in [0.05, 0.1) is 6.61 Å². The number of aliphatic hydroxyl groups is 2. The molecule has 1 saturated heterocycles. The van der Waals surface area contributed by atoms with Gasteiger partial charge in [-0.1, -0.05) is 0 Å². The summed E-state index contributed by atoms with van der Waals surface area (Å²) in [6.45, 7) is 2.25. The van der Waals surface area contributed by atoms with Gasteiger partial charge in [-0.15, -0.1) is 0 Å². The van der Waals surface area contributed by atoms with Gasteiger partial charge in [0.15, 0.2) is 18.5 Å². The first-order valence-corrected chi connectivity index (χ1v) is 7.12. The van der Waals surface area contributed by atoms with Crippen molar-refractivity contribution >= 4 is 11.9 Å². The van der Waals surface area contributed by atoms with E-state index in [1.807, 2.05) is 0 Å². The van der Waals surface area contributed by atoms with Crippen LogP contribution in [0.15, 0.2) is 0 Å². The standard InChI is InChI=1S/C13H24N2O8/c1-5(14)11(18)22-9-8(17)7(4-16)21-13(20-3)10(9)23-12(19)6(2)15/h5-10,13,16-17H,4,14-15H2,1-3H3/t5-,6+,7+,8+,9-,10+,13-/m0/s1. The highest BCUT2D eigenvalue weighted by atomic mass is 16.7. The first kappa shape index (κ1) is 19.7. The summed E-state index contributed by atoms with van der Waals surface area (Å²) in [6.07, 6.45) is -6.29. The van der Waals surface area contributed by atoms with Gasteiger partial charge in [0, 0.05) is 7.11 Å². The minimum atomic E-state index is -1.44. The summed E-state index contributed by atoms with van der Waals surface area (Å²) in [5, 5.41) is 19.5. The third kappa shape index (κ3) is 4.83. The van der Waals surface area contributed by atoms with Crippen molar-refractivity contribution in [1.82, 2.24) is 0 Å². The Morgan fingerprint density at radius 2 is 1.61 bits per heavy atom. The fraction of sp³-hybridized carbons (Fsp3) is 0.846. The van der Waals surface area contributed by atoms with E-state index in [1.54, 1.807) is 0 Å². The predicted octanol–water partition coefficient (Wildman–Crippen LogP) is -2.77. The van der Waals surface area contributed by atoms with Gasteiger partial charge in [-0.05, 0) is 13.8 Å². The Hall–Kier alpha value is -1.30. The maximum absolute atomic E-state index is 11.7. The lowest BCUT2D eigenvalue weighted by atomic mass is 9.98. The first-order chi connectivity index (χ1) is 10.7. The van der Waals surface area contributed by atoms with Crippen molar-refractivity contribution in [2.75, 3.05) is 13.7 Å². The summed E-state index contributed by atoms with van der Waals surface area (Å²) in [5.41, 5.74) is 10.9. The highest BCUT2D eigenvalue weighted by molar-refractivity contribution is 5.76. The minimum Gasteiger partial charge on any atom is -0.454 e. The summed E-state index contributed by atoms with van der Waals surface area (Å²) < 4.78 is 20.6. The van der Waals surface area contributed by atoms with Crippen molar-refractivity contribution in [2.24, 2.45) is 11.5 Å². The summed E-state index contributed by atoms with van der Waals surface area (Å²) in [5.74, 6) is -1.61. The number of nitrogens with two attached hydrogens (primary N) is 2. The Balaban J connectivity index is 3.04. The molecule has 0 aromatic carbocycles. The number of hydrogen-bond acceptors (Lipinski definition) is 10. The maximum atomic E-state index is 11.7. The fourth-order valence-electron chi connectivity index (χ4n) is 1.97. The third-order valence-electron chi connectivity index (χ3n) is 3.28. The van der Waals surface area contributed by atoms with Gasteiger partial charge < -0.3 is 40.6 Å². The van der Waals surface area contributed by atoms with E-state index < -0.39 is 61.3 Å². The summed E-state index contributed by atoms with van der Waals surface area (Å²) in [7, 11) is 1.27. The zero-order chi connectivity index (χ0) is 17.7. The molecule has 1 heterocycles. The number of methoxy groups -OCH3 is 1. The van der Waals surface area contributed by atoms with Gasteiger partial charge in [0.25, 0.3) is 0 Å². The molecular formula is C13H24N2O8. The van der Waals surface area contributed by atoms with Gasteiger partial charge in [-0.2, -0.15) is 0 Å². The van der Waals surface area contributed by atoms with Crippen molar-refractivity contribution in [3.05, 3.63) is 0 Å². The molecule has 0 radical (unpaired) electrons. The molecule has 10 nitrogen and oxygen atoms in total. The Labute approximate surface area is 133 Å². The SMILES string of the molecule is CO[C@H]1O[C@H](CO)[C@@H](O)[C@H](OC(=O)[C@H](C)N)[C@H]1OC(=O)[C@@H](C)N. The summed E-state index contributed by atoms with van der Waals surface area (Å²) in [6, 6.07) is -1.90. The predicted molar refractivity (Wildman–Crippen MR) is 75.8 cm³/mol. The van der Waals surface area contributed by atoms with Gasteiger partial charge in [-0.3, -0.25) is 9.59 Å². The monoisotopic (exact) mass is 336 g/mol. The molecule has 0 saturated carbocycles. The largest absolute Gasteiger partial charge is 0.454 e. The molecule has 0 aromatic rings. The number of carbonyl (C=O) groups is 2. The molecule has 23 heavy (non-hydrogen) atoms. The van der Waals surface area contributed by atoms with Gasteiger partial charge in [0.1, 0.15) is 24.3 Å². The molecule has 0 aromatic heterocycles. The molecule has 1 fully saturated rings. The van der Waals surface area contributed by atoms with Crippen LogP contribution in [0.2, 0.25) is 0 Å². The maximum Gasteiger partial charge on any atom is 0.323 e. The van der Waals surface area contributed by atoms with E-state index in [0.29, 0.717) is 0 Å². The highest BCUT2D eigenvalue weighted by Crippen LogP contribution is 2.27. The van der Waals surface area contributed by atoms with Crippen molar-refractivity contribution in [2.45, 2.75) is 56.6 Å². The van der Waals surface area contributed by atoms with Gasteiger partial charge in [-0.25, -0.2) is 0 Å². The van der Waals surface area contributed by atoms with Crippen LogP contribution in [0.1, 0.15) is 13.8 Å². The number of carbonyl (C=O) groups excluding carboxylic acids is 2. The molecule has 0 spiro atoms. The topological polar surface area (TPSA) is 164 Å². The Kier molecular flexibility index (Phi) is 7.32. The molecule has 0 bridgehead atoms. The molecule has 6 N–H and O–H groups in total. The second-order valence-corrected chi connectivity index (χ2v) is 5.33. The highest BCUT2D eigenvalue weighted by Gasteiger charge is 2.50. The Morgan fingerprint density at radius 3 is 2.00 bits per heavy atom. The first-order valence-electron chi connectivity index (χ1n) is 7.12. The lowest BCUT2D eigenvalue weighted by molar-refractivity contribution is -0.300. The van der Waals surface area contributed by atoms with Crippen LogP contribution in [-0.2, 0) is 28.5 Å². The second-order valence-electron chi connectivity index (χ2n) is 5.33. The number of ether oxygens (including phenoxy) is 4. The molecule has 7 atom stereocenters. The van der Waals surface area contributed by atoms with Crippen LogP contribution in [0.4, 0.5) is 0 Å². The number of hydrogen-bond donors (Lipinski definition) is 4. The number of rotatable bonds is 6. The van der Waals surface area contributed by atoms with Crippen molar-refractivity contribution in [3.63, 3.8) is 0 Å². The van der Waals surface area contributed by atoms with E-state index in [2.05, 4.69) is 0 Å². The average molecular weight is 336 g/mol. The number of esters is 2. The molecule has 0 unspecified atom stereocenters. The zero-order valence-electron chi connectivity index (χ0n) is 13.2. The molecule has 134 valence electrons. The van der Waals surface area contributed by atoms with Crippen molar-refractivity contribution in [1.29, 1.82) is 0 Å². The van der Waals surface area contributed by atoms with Crippen LogP contribution in [0.5, 0.6) is 0 Å². The Morgan fingerprint density at radius 1 is 1.13 bits per heavy atom. The normalized spacial score (nSPS) is 33.6. The third-order valence-corrected chi connectivity index (χ3v) is 3.28. The average Bonchev–Trinajstić information content (AvgIpc) is 2.50.